The maximum absolute atomic E-state index is 13.4. The van der Waals surface area contributed by atoms with E-state index in [1.54, 1.807) is 4.90 Å². The lowest BCUT2D eigenvalue weighted by Gasteiger charge is -2.35. The van der Waals surface area contributed by atoms with Gasteiger partial charge in [0, 0.05) is 24.3 Å². The average Bonchev–Trinajstić information content (AvgIpc) is 3.01. The minimum atomic E-state index is -4.46. The van der Waals surface area contributed by atoms with Gasteiger partial charge < -0.3 is 15.1 Å². The number of anilines is 1. The van der Waals surface area contributed by atoms with Gasteiger partial charge in [-0.2, -0.15) is 13.2 Å². The van der Waals surface area contributed by atoms with Crippen molar-refractivity contribution in [2.45, 2.75) is 25.4 Å². The van der Waals surface area contributed by atoms with Gasteiger partial charge in [-0.05, 0) is 49.9 Å². The first-order valence-electron chi connectivity index (χ1n) is 8.10. The van der Waals surface area contributed by atoms with Crippen molar-refractivity contribution in [1.82, 2.24) is 10.2 Å². The van der Waals surface area contributed by atoms with Crippen LogP contribution in [0.2, 0.25) is 0 Å². The molecular formula is C16H19F3N4O2. The highest BCUT2D eigenvalue weighted by Gasteiger charge is 2.36. The summed E-state index contributed by atoms with van der Waals surface area (Å²) in [6.07, 6.45) is -1.97. The van der Waals surface area contributed by atoms with E-state index < -0.39 is 17.5 Å². The van der Waals surface area contributed by atoms with Crippen LogP contribution in [0.15, 0.2) is 27.4 Å². The molecule has 0 bridgehead atoms. The maximum atomic E-state index is 13.4. The Morgan fingerprint density at radius 1 is 1.32 bits per heavy atom. The van der Waals surface area contributed by atoms with Crippen LogP contribution < -0.4 is 16.4 Å². The zero-order valence-corrected chi connectivity index (χ0v) is 13.5. The summed E-state index contributed by atoms with van der Waals surface area (Å²) in [5.41, 5.74) is 5.27. The number of nitrogens with one attached hydrogen (secondary N) is 1. The molecule has 0 saturated carbocycles. The second kappa shape index (κ2) is 6.91. The number of benzene rings is 1. The second-order valence-corrected chi connectivity index (χ2v) is 6.16. The summed E-state index contributed by atoms with van der Waals surface area (Å²) in [4.78, 5) is 12.8. The molecule has 0 amide bonds. The molecular weight excluding hydrogens is 337 g/mol. The summed E-state index contributed by atoms with van der Waals surface area (Å²) < 4.78 is 45.1. The highest BCUT2D eigenvalue weighted by molar-refractivity contribution is 5.66. The Hall–Kier alpha value is -2.29. The Labute approximate surface area is 141 Å². The summed E-state index contributed by atoms with van der Waals surface area (Å²) >= 11 is 0. The van der Waals surface area contributed by atoms with E-state index in [-0.39, 0.29) is 11.6 Å². The molecule has 3 N–H and O–H groups in total. The van der Waals surface area contributed by atoms with Gasteiger partial charge in [0.15, 0.2) is 0 Å². The number of aromatic nitrogens is 2. The molecule has 25 heavy (non-hydrogen) atoms. The van der Waals surface area contributed by atoms with Crippen molar-refractivity contribution in [3.8, 4) is 11.5 Å². The first-order chi connectivity index (χ1) is 11.9. The summed E-state index contributed by atoms with van der Waals surface area (Å²) in [5, 5.41) is 5.79. The minimum absolute atomic E-state index is 0.0296. The van der Waals surface area contributed by atoms with Crippen LogP contribution in [0, 0.1) is 5.92 Å². The number of piperidine rings is 1. The number of H-pyrrole nitrogens is 1. The van der Waals surface area contributed by atoms with Crippen molar-refractivity contribution in [3.63, 3.8) is 0 Å². The first-order valence-corrected chi connectivity index (χ1v) is 8.10. The van der Waals surface area contributed by atoms with Gasteiger partial charge in [0.05, 0.1) is 5.56 Å². The van der Waals surface area contributed by atoms with E-state index in [0.29, 0.717) is 31.1 Å². The fraction of sp³-hybridized carbons (Fsp3) is 0.500. The molecule has 1 saturated heterocycles. The number of hydrogen-bond donors (Lipinski definition) is 2. The van der Waals surface area contributed by atoms with Gasteiger partial charge in [0.1, 0.15) is 0 Å². The SMILES string of the molecule is NCCC1CCN(c2cc(-c3n[nH]c(=O)o3)ccc2C(F)(F)F)CC1. The van der Waals surface area contributed by atoms with Gasteiger partial charge >= 0.3 is 11.9 Å². The topological polar surface area (TPSA) is 88.1 Å². The van der Waals surface area contributed by atoms with Crippen molar-refractivity contribution >= 4 is 5.69 Å². The second-order valence-electron chi connectivity index (χ2n) is 6.16. The van der Waals surface area contributed by atoms with Crippen LogP contribution in [-0.4, -0.2) is 29.8 Å². The van der Waals surface area contributed by atoms with Gasteiger partial charge in [-0.15, -0.1) is 5.10 Å². The summed E-state index contributed by atoms with van der Waals surface area (Å²) in [5.74, 6) is -0.333. The normalized spacial score (nSPS) is 16.4. The molecule has 2 aromatic rings. The largest absolute Gasteiger partial charge is 0.434 e. The fourth-order valence-electron chi connectivity index (χ4n) is 3.22. The van der Waals surface area contributed by atoms with Crippen LogP contribution in [-0.2, 0) is 6.18 Å². The Morgan fingerprint density at radius 2 is 2.04 bits per heavy atom. The van der Waals surface area contributed by atoms with E-state index in [1.165, 1.54) is 12.1 Å². The molecule has 0 aliphatic carbocycles. The third kappa shape index (κ3) is 3.87. The van der Waals surface area contributed by atoms with E-state index in [4.69, 9.17) is 10.2 Å². The van der Waals surface area contributed by atoms with Gasteiger partial charge in [-0.3, -0.25) is 0 Å². The summed E-state index contributed by atoms with van der Waals surface area (Å²) in [6.45, 7) is 1.65. The Morgan fingerprint density at radius 3 is 2.60 bits per heavy atom. The van der Waals surface area contributed by atoms with Crippen LogP contribution >= 0.6 is 0 Å². The molecule has 6 nitrogen and oxygen atoms in total. The zero-order valence-electron chi connectivity index (χ0n) is 13.5. The first kappa shape index (κ1) is 17.5. The molecule has 136 valence electrons. The molecule has 0 unspecified atom stereocenters. The number of halogens is 3. The average molecular weight is 356 g/mol. The molecule has 1 aliphatic rings. The Balaban J connectivity index is 1.93. The summed E-state index contributed by atoms with van der Waals surface area (Å²) in [7, 11) is 0. The molecule has 1 aromatic carbocycles. The van der Waals surface area contributed by atoms with Gasteiger partial charge in [0.25, 0.3) is 0 Å². The molecule has 0 spiro atoms. The Bertz CT molecular complexity index is 776. The van der Waals surface area contributed by atoms with Gasteiger partial charge in [-0.25, -0.2) is 9.89 Å². The molecule has 9 heteroatoms. The third-order valence-corrected chi connectivity index (χ3v) is 4.52. The van der Waals surface area contributed by atoms with Crippen molar-refractivity contribution < 1.29 is 17.6 Å². The molecule has 1 aromatic heterocycles. The number of hydrogen-bond acceptors (Lipinski definition) is 5. The van der Waals surface area contributed by atoms with E-state index >= 15 is 0 Å². The predicted octanol–water partition coefficient (Wildman–Crippen LogP) is 2.61. The number of nitrogens with two attached hydrogens (primary N) is 1. The molecule has 1 fully saturated rings. The van der Waals surface area contributed by atoms with Crippen molar-refractivity contribution in [1.29, 1.82) is 0 Å². The van der Waals surface area contributed by atoms with Crippen molar-refractivity contribution in [3.05, 3.63) is 34.3 Å². The van der Waals surface area contributed by atoms with E-state index in [9.17, 15) is 18.0 Å². The lowest BCUT2D eigenvalue weighted by atomic mass is 9.92. The van der Waals surface area contributed by atoms with Crippen LogP contribution in [0.5, 0.6) is 0 Å². The number of rotatable bonds is 4. The molecule has 3 rings (SSSR count). The minimum Gasteiger partial charge on any atom is -0.388 e. The van der Waals surface area contributed by atoms with E-state index in [2.05, 4.69) is 10.2 Å². The lowest BCUT2D eigenvalue weighted by molar-refractivity contribution is -0.137. The van der Waals surface area contributed by atoms with Crippen molar-refractivity contribution in [2.75, 3.05) is 24.5 Å². The van der Waals surface area contributed by atoms with Crippen LogP contribution in [0.4, 0.5) is 18.9 Å². The van der Waals surface area contributed by atoms with Gasteiger partial charge in [0.2, 0.25) is 5.89 Å². The van der Waals surface area contributed by atoms with E-state index in [1.807, 2.05) is 0 Å². The smallest absolute Gasteiger partial charge is 0.388 e. The predicted molar refractivity (Wildman–Crippen MR) is 86.2 cm³/mol. The van der Waals surface area contributed by atoms with Crippen molar-refractivity contribution in [2.24, 2.45) is 11.7 Å². The molecule has 0 atom stereocenters. The maximum Gasteiger partial charge on any atom is 0.434 e. The molecule has 2 heterocycles. The molecule has 0 radical (unpaired) electrons. The number of aromatic amines is 1. The number of nitrogens with zero attached hydrogens (tertiary/aromatic N) is 2. The highest BCUT2D eigenvalue weighted by Crippen LogP contribution is 2.40. The quantitative estimate of drug-likeness (QED) is 0.879. The Kier molecular flexibility index (Phi) is 4.85. The zero-order chi connectivity index (χ0) is 18.0. The number of alkyl halides is 3. The monoisotopic (exact) mass is 356 g/mol. The van der Waals surface area contributed by atoms with Crippen LogP contribution in [0.25, 0.3) is 11.5 Å². The van der Waals surface area contributed by atoms with Crippen LogP contribution in [0.3, 0.4) is 0 Å². The third-order valence-electron chi connectivity index (χ3n) is 4.52. The standard InChI is InChI=1S/C16H19F3N4O2/c17-16(18,19)12-2-1-11(14-21-22-15(24)25-14)9-13(12)23-7-4-10(3-6-20)5-8-23/h1-2,9-10H,3-8,20H2,(H,22,24). The van der Waals surface area contributed by atoms with Gasteiger partial charge in [-0.1, -0.05) is 0 Å². The van der Waals surface area contributed by atoms with Crippen LogP contribution in [0.1, 0.15) is 24.8 Å². The summed E-state index contributed by atoms with van der Waals surface area (Å²) in [6, 6.07) is 3.64. The molecule has 1 aliphatic heterocycles. The van der Waals surface area contributed by atoms with E-state index in [0.717, 1.165) is 25.3 Å². The highest BCUT2D eigenvalue weighted by atomic mass is 19.4. The lowest BCUT2D eigenvalue weighted by Crippen LogP contribution is -2.35. The fourth-order valence-corrected chi connectivity index (χ4v) is 3.22.